The Hall–Kier alpha value is -1.63. The molecule has 1 heterocycles. The Morgan fingerprint density at radius 3 is 2.19 bits per heavy atom. The second-order valence-electron chi connectivity index (χ2n) is 10.3. The van der Waals surface area contributed by atoms with E-state index in [0.29, 0.717) is 11.3 Å². The van der Waals surface area contributed by atoms with E-state index >= 15 is 0 Å². The predicted molar refractivity (Wildman–Crippen MR) is 116 cm³/mol. The molecule has 0 radical (unpaired) electrons. The van der Waals surface area contributed by atoms with E-state index in [1.807, 2.05) is 0 Å². The molecule has 1 aliphatic rings. The molecule has 2 aromatic rings. The quantitative estimate of drug-likeness (QED) is 0.531. The summed E-state index contributed by atoms with van der Waals surface area (Å²) >= 11 is 0. The van der Waals surface area contributed by atoms with Gasteiger partial charge in [-0.15, -0.1) is 0 Å². The van der Waals surface area contributed by atoms with E-state index in [-0.39, 0.29) is 5.41 Å². The van der Waals surface area contributed by atoms with Gasteiger partial charge in [0.15, 0.2) is 6.20 Å². The standard InChI is InChI=1S/C26H38N/c1-18(2)22-16-24(27(8)17-23(22)25(4,5)6)21-12-11-20(15-19(21)3)26(7)13-9-10-14-26/h11-12,15-18H,9-10,13-14H2,1-8H3/q+1. The fraction of sp³-hybridized carbons (Fsp3) is 0.577. The maximum absolute atomic E-state index is 2.45. The Kier molecular flexibility index (Phi) is 5.27. The van der Waals surface area contributed by atoms with Crippen LogP contribution in [0.3, 0.4) is 0 Å². The second kappa shape index (κ2) is 7.08. The van der Waals surface area contributed by atoms with Crippen LogP contribution in [0.4, 0.5) is 0 Å². The van der Waals surface area contributed by atoms with Crippen molar-refractivity contribution in [2.45, 2.75) is 90.9 Å². The van der Waals surface area contributed by atoms with Crippen LogP contribution < -0.4 is 4.57 Å². The molecule has 146 valence electrons. The molecule has 1 aromatic carbocycles. The van der Waals surface area contributed by atoms with Crippen LogP contribution in [-0.4, -0.2) is 0 Å². The van der Waals surface area contributed by atoms with E-state index in [1.54, 1.807) is 0 Å². The van der Waals surface area contributed by atoms with Gasteiger partial charge in [-0.2, -0.15) is 0 Å². The maximum atomic E-state index is 2.45. The molecule has 1 aliphatic carbocycles. The molecule has 1 aromatic heterocycles. The molecule has 0 aliphatic heterocycles. The van der Waals surface area contributed by atoms with Crippen LogP contribution in [0.5, 0.6) is 0 Å². The molecule has 0 atom stereocenters. The van der Waals surface area contributed by atoms with Gasteiger partial charge in [0.25, 0.3) is 0 Å². The van der Waals surface area contributed by atoms with Crippen LogP contribution in [0.1, 0.15) is 95.4 Å². The van der Waals surface area contributed by atoms with Gasteiger partial charge in [-0.05, 0) is 59.3 Å². The van der Waals surface area contributed by atoms with Crippen molar-refractivity contribution in [1.82, 2.24) is 0 Å². The molecule has 0 unspecified atom stereocenters. The van der Waals surface area contributed by atoms with E-state index in [9.17, 15) is 0 Å². The highest BCUT2D eigenvalue weighted by atomic mass is 14.9. The smallest absolute Gasteiger partial charge is 0.201 e. The van der Waals surface area contributed by atoms with Gasteiger partial charge < -0.3 is 0 Å². The zero-order valence-corrected chi connectivity index (χ0v) is 18.7. The number of rotatable bonds is 3. The van der Waals surface area contributed by atoms with Crippen molar-refractivity contribution in [1.29, 1.82) is 0 Å². The summed E-state index contributed by atoms with van der Waals surface area (Å²) in [5.41, 5.74) is 9.08. The van der Waals surface area contributed by atoms with Gasteiger partial charge in [0.2, 0.25) is 5.69 Å². The number of hydrogen-bond donors (Lipinski definition) is 0. The van der Waals surface area contributed by atoms with Gasteiger partial charge >= 0.3 is 0 Å². The van der Waals surface area contributed by atoms with E-state index in [1.165, 1.54) is 59.2 Å². The third kappa shape index (κ3) is 3.84. The lowest BCUT2D eigenvalue weighted by molar-refractivity contribution is -0.661. The minimum Gasteiger partial charge on any atom is -0.201 e. The average Bonchev–Trinajstić information content (AvgIpc) is 3.02. The highest BCUT2D eigenvalue weighted by Gasteiger charge is 2.31. The first-order valence-corrected chi connectivity index (χ1v) is 10.7. The maximum Gasteiger partial charge on any atom is 0.212 e. The van der Waals surface area contributed by atoms with Crippen molar-refractivity contribution in [3.05, 3.63) is 52.7 Å². The molecular formula is C26H38N+. The largest absolute Gasteiger partial charge is 0.212 e. The summed E-state index contributed by atoms with van der Waals surface area (Å²) in [7, 11) is 2.19. The summed E-state index contributed by atoms with van der Waals surface area (Å²) in [4.78, 5) is 0. The van der Waals surface area contributed by atoms with Crippen molar-refractivity contribution >= 4 is 0 Å². The van der Waals surface area contributed by atoms with Crippen LogP contribution in [-0.2, 0) is 17.9 Å². The van der Waals surface area contributed by atoms with Gasteiger partial charge in [-0.1, -0.05) is 66.5 Å². The van der Waals surface area contributed by atoms with Crippen LogP contribution >= 0.6 is 0 Å². The minimum atomic E-state index is 0.159. The monoisotopic (exact) mass is 364 g/mol. The van der Waals surface area contributed by atoms with E-state index in [4.69, 9.17) is 0 Å². The summed E-state index contributed by atoms with van der Waals surface area (Å²) in [6.07, 6.45) is 7.77. The molecule has 0 amide bonds. The fourth-order valence-corrected chi connectivity index (χ4v) is 4.81. The highest BCUT2D eigenvalue weighted by Crippen LogP contribution is 2.42. The van der Waals surface area contributed by atoms with Crippen molar-refractivity contribution in [3.8, 4) is 11.3 Å². The Morgan fingerprint density at radius 2 is 1.67 bits per heavy atom. The van der Waals surface area contributed by atoms with Gasteiger partial charge in [0.05, 0.1) is 0 Å². The normalized spacial score (nSPS) is 16.9. The van der Waals surface area contributed by atoms with Gasteiger partial charge in [-0.3, -0.25) is 0 Å². The Bertz CT molecular complexity index is 830. The van der Waals surface area contributed by atoms with Crippen LogP contribution in [0.15, 0.2) is 30.5 Å². The van der Waals surface area contributed by atoms with Gasteiger partial charge in [0.1, 0.15) is 7.05 Å². The summed E-state index contributed by atoms with van der Waals surface area (Å²) in [5.74, 6) is 0.524. The predicted octanol–water partition coefficient (Wildman–Crippen LogP) is 6.74. The average molecular weight is 365 g/mol. The first-order chi connectivity index (χ1) is 12.5. The molecule has 3 rings (SSSR count). The molecular weight excluding hydrogens is 326 g/mol. The van der Waals surface area contributed by atoms with Crippen molar-refractivity contribution in [3.63, 3.8) is 0 Å². The fourth-order valence-electron chi connectivity index (χ4n) is 4.81. The summed E-state index contributed by atoms with van der Waals surface area (Å²) in [6.45, 7) is 16.3. The first-order valence-electron chi connectivity index (χ1n) is 10.7. The lowest BCUT2D eigenvalue weighted by atomic mass is 9.79. The summed E-state index contributed by atoms with van der Waals surface area (Å²) in [6, 6.07) is 9.64. The zero-order chi connectivity index (χ0) is 20.0. The molecule has 0 spiro atoms. The molecule has 1 heteroatoms. The molecule has 1 saturated carbocycles. The van der Waals surface area contributed by atoms with Crippen LogP contribution in [0.25, 0.3) is 11.3 Å². The van der Waals surface area contributed by atoms with Gasteiger partial charge in [-0.25, -0.2) is 4.57 Å². The zero-order valence-electron chi connectivity index (χ0n) is 18.7. The van der Waals surface area contributed by atoms with Crippen LogP contribution in [0.2, 0.25) is 0 Å². The molecule has 1 nitrogen and oxygen atoms in total. The molecule has 0 saturated heterocycles. The van der Waals surface area contributed by atoms with Crippen molar-refractivity contribution in [2.24, 2.45) is 7.05 Å². The minimum absolute atomic E-state index is 0.159. The van der Waals surface area contributed by atoms with E-state index in [2.05, 4.69) is 90.5 Å². The summed E-state index contributed by atoms with van der Waals surface area (Å²) < 4.78 is 2.33. The topological polar surface area (TPSA) is 3.88 Å². The Balaban J connectivity index is 2.10. The van der Waals surface area contributed by atoms with Crippen molar-refractivity contribution < 1.29 is 4.57 Å². The number of nitrogens with zero attached hydrogens (tertiary/aromatic N) is 1. The third-order valence-electron chi connectivity index (χ3n) is 6.64. The highest BCUT2D eigenvalue weighted by molar-refractivity contribution is 5.63. The molecule has 0 N–H and O–H groups in total. The third-order valence-corrected chi connectivity index (χ3v) is 6.64. The number of aryl methyl sites for hydroxylation is 2. The van der Waals surface area contributed by atoms with E-state index in [0.717, 1.165) is 0 Å². The molecule has 1 fully saturated rings. The van der Waals surface area contributed by atoms with E-state index < -0.39 is 0 Å². The SMILES string of the molecule is Cc1cc(C2(C)CCCC2)ccc1-c1cc(C(C)C)c(C(C)(C)C)c[n+]1C. The van der Waals surface area contributed by atoms with Gasteiger partial charge in [0, 0.05) is 17.2 Å². The van der Waals surface area contributed by atoms with Crippen molar-refractivity contribution in [2.75, 3.05) is 0 Å². The molecule has 27 heavy (non-hydrogen) atoms. The first kappa shape index (κ1) is 20.1. The number of hydrogen-bond acceptors (Lipinski definition) is 0. The number of pyridine rings is 1. The Labute approximate surface area is 166 Å². The lowest BCUT2D eigenvalue weighted by Crippen LogP contribution is -2.34. The molecule has 0 bridgehead atoms. The van der Waals surface area contributed by atoms with Crippen LogP contribution in [0, 0.1) is 6.92 Å². The number of aromatic nitrogens is 1. The lowest BCUT2D eigenvalue weighted by Gasteiger charge is -2.26. The Morgan fingerprint density at radius 1 is 1.04 bits per heavy atom. The second-order valence-corrected chi connectivity index (χ2v) is 10.3. The summed E-state index contributed by atoms with van der Waals surface area (Å²) in [5, 5.41) is 0. The number of benzene rings is 1.